The zero-order valence-corrected chi connectivity index (χ0v) is 19.2. The Bertz CT molecular complexity index is 573. The van der Waals surface area contributed by atoms with Crippen molar-refractivity contribution in [3.05, 3.63) is 29.3 Å². The number of likely N-dealkylation sites (N-methyl/N-ethyl adjacent to an activating group) is 1. The van der Waals surface area contributed by atoms with E-state index in [0.29, 0.717) is 5.92 Å². The van der Waals surface area contributed by atoms with Crippen LogP contribution >= 0.6 is 23.4 Å². The minimum Gasteiger partial charge on any atom is -0.357 e. The second-order valence-corrected chi connectivity index (χ2v) is 8.89. The number of nitrogens with one attached hydrogen (secondary N) is 2. The highest BCUT2D eigenvalue weighted by Gasteiger charge is 2.17. The molecule has 0 bridgehead atoms. The van der Waals surface area contributed by atoms with Crippen molar-refractivity contribution in [2.24, 2.45) is 10.9 Å². The number of benzene rings is 1. The molecule has 1 aromatic carbocycles. The number of hydrogen-bond donors (Lipinski definition) is 2. The molecule has 0 aliphatic carbocycles. The number of aliphatic imine (C=N–C) groups is 1. The topological polar surface area (TPSA) is 42.9 Å². The maximum absolute atomic E-state index is 5.93. The van der Waals surface area contributed by atoms with Gasteiger partial charge in [-0.3, -0.25) is 4.99 Å². The Labute approximate surface area is 180 Å². The van der Waals surface area contributed by atoms with Crippen molar-refractivity contribution >= 4 is 29.3 Å². The fraction of sp³-hybridized carbons (Fsp3) is 0.667. The summed E-state index contributed by atoms with van der Waals surface area (Å²) in [6.07, 6.45) is 0. The molecule has 0 amide bonds. The molecule has 5 nitrogen and oxygen atoms in total. The van der Waals surface area contributed by atoms with Crippen molar-refractivity contribution in [1.82, 2.24) is 20.4 Å². The third kappa shape index (κ3) is 9.03. The average molecular weight is 426 g/mol. The van der Waals surface area contributed by atoms with Crippen LogP contribution in [-0.4, -0.2) is 80.4 Å². The fourth-order valence-corrected chi connectivity index (χ4v) is 4.14. The van der Waals surface area contributed by atoms with Gasteiger partial charge in [-0.2, -0.15) is 0 Å². The van der Waals surface area contributed by atoms with Gasteiger partial charge in [0.2, 0.25) is 0 Å². The molecule has 2 rings (SSSR count). The second kappa shape index (κ2) is 13.3. The molecule has 1 aromatic rings. The molecule has 2 N–H and O–H groups in total. The van der Waals surface area contributed by atoms with Crippen molar-refractivity contribution in [3.8, 4) is 0 Å². The number of thioether (sulfide) groups is 1. The van der Waals surface area contributed by atoms with Crippen LogP contribution in [0.5, 0.6) is 0 Å². The molecule has 1 atom stereocenters. The van der Waals surface area contributed by atoms with Crippen LogP contribution in [0.3, 0.4) is 0 Å². The van der Waals surface area contributed by atoms with E-state index < -0.39 is 0 Å². The smallest absolute Gasteiger partial charge is 0.191 e. The molecule has 1 heterocycles. The number of rotatable bonds is 10. The van der Waals surface area contributed by atoms with Crippen LogP contribution in [0.1, 0.15) is 20.8 Å². The van der Waals surface area contributed by atoms with Gasteiger partial charge in [-0.05, 0) is 43.7 Å². The normalized spacial score (nSPS) is 17.5. The van der Waals surface area contributed by atoms with Crippen LogP contribution in [0.4, 0.5) is 0 Å². The molecule has 1 fully saturated rings. The summed E-state index contributed by atoms with van der Waals surface area (Å²) < 4.78 is 0. The number of nitrogens with zero attached hydrogens (tertiary/aromatic N) is 3. The summed E-state index contributed by atoms with van der Waals surface area (Å²) in [6, 6.07) is 8.00. The Balaban J connectivity index is 1.68. The predicted molar refractivity (Wildman–Crippen MR) is 124 cm³/mol. The van der Waals surface area contributed by atoms with Gasteiger partial charge < -0.3 is 20.4 Å². The SMILES string of the molecule is CCNC(=NCC(C)CN1CCN(CC)CC1)NCCSc1ccc(Cl)cc1. The van der Waals surface area contributed by atoms with Crippen LogP contribution in [0.25, 0.3) is 0 Å². The summed E-state index contributed by atoms with van der Waals surface area (Å²) in [6.45, 7) is 16.3. The molecule has 1 aliphatic rings. The van der Waals surface area contributed by atoms with E-state index in [4.69, 9.17) is 16.6 Å². The van der Waals surface area contributed by atoms with Crippen LogP contribution < -0.4 is 10.6 Å². The van der Waals surface area contributed by atoms with Crippen LogP contribution in [-0.2, 0) is 0 Å². The molecular weight excluding hydrogens is 390 g/mol. The van der Waals surface area contributed by atoms with Crippen molar-refractivity contribution in [2.45, 2.75) is 25.7 Å². The van der Waals surface area contributed by atoms with Gasteiger partial charge in [0.05, 0.1) is 0 Å². The number of halogens is 1. The highest BCUT2D eigenvalue weighted by Crippen LogP contribution is 2.19. The fourth-order valence-electron chi connectivity index (χ4n) is 3.24. The molecule has 158 valence electrons. The van der Waals surface area contributed by atoms with Gasteiger partial charge in [0.15, 0.2) is 5.96 Å². The summed E-state index contributed by atoms with van der Waals surface area (Å²) in [5.41, 5.74) is 0. The van der Waals surface area contributed by atoms with Gasteiger partial charge in [0.1, 0.15) is 0 Å². The molecule has 1 unspecified atom stereocenters. The summed E-state index contributed by atoms with van der Waals surface area (Å²) in [5, 5.41) is 7.58. The molecule has 0 saturated carbocycles. The zero-order valence-electron chi connectivity index (χ0n) is 17.6. The van der Waals surface area contributed by atoms with Crippen molar-refractivity contribution in [3.63, 3.8) is 0 Å². The Kier molecular flexibility index (Phi) is 11.1. The van der Waals surface area contributed by atoms with Crippen LogP contribution in [0, 0.1) is 5.92 Å². The van der Waals surface area contributed by atoms with Crippen molar-refractivity contribution in [2.75, 3.05) is 64.7 Å². The maximum atomic E-state index is 5.93. The van der Waals surface area contributed by atoms with E-state index in [1.54, 1.807) is 0 Å². The Morgan fingerprint density at radius 1 is 1.11 bits per heavy atom. The predicted octanol–water partition coefficient (Wildman–Crippen LogP) is 3.26. The first kappa shape index (κ1) is 23.3. The van der Waals surface area contributed by atoms with Crippen molar-refractivity contribution in [1.29, 1.82) is 0 Å². The van der Waals surface area contributed by atoms with Gasteiger partial charge >= 0.3 is 0 Å². The molecule has 28 heavy (non-hydrogen) atoms. The van der Waals surface area contributed by atoms with Gasteiger partial charge in [0.25, 0.3) is 0 Å². The van der Waals surface area contributed by atoms with E-state index in [0.717, 1.165) is 42.9 Å². The van der Waals surface area contributed by atoms with Gasteiger partial charge in [0, 0.05) is 68.0 Å². The summed E-state index contributed by atoms with van der Waals surface area (Å²) in [5.74, 6) is 2.47. The quantitative estimate of drug-likeness (QED) is 0.260. The lowest BCUT2D eigenvalue weighted by Gasteiger charge is -2.35. The molecule has 0 radical (unpaired) electrons. The van der Waals surface area contributed by atoms with Gasteiger partial charge in [-0.25, -0.2) is 0 Å². The Morgan fingerprint density at radius 3 is 2.43 bits per heavy atom. The largest absolute Gasteiger partial charge is 0.357 e. The molecule has 7 heteroatoms. The monoisotopic (exact) mass is 425 g/mol. The lowest BCUT2D eigenvalue weighted by molar-refractivity contribution is 0.125. The molecule has 0 aromatic heterocycles. The number of hydrogen-bond acceptors (Lipinski definition) is 4. The van der Waals surface area contributed by atoms with E-state index in [9.17, 15) is 0 Å². The third-order valence-corrected chi connectivity index (χ3v) is 6.13. The Hall–Kier alpha value is -0.950. The summed E-state index contributed by atoms with van der Waals surface area (Å²) >= 11 is 7.76. The number of piperazine rings is 1. The van der Waals surface area contributed by atoms with E-state index in [1.807, 2.05) is 23.9 Å². The van der Waals surface area contributed by atoms with Gasteiger partial charge in [-0.15, -0.1) is 11.8 Å². The van der Waals surface area contributed by atoms with E-state index >= 15 is 0 Å². The molecule has 1 saturated heterocycles. The standard InChI is InChI=1S/C21H36ClN5S/c1-4-23-21(24-10-15-28-20-8-6-19(22)7-9-20)25-16-18(3)17-27-13-11-26(5-2)12-14-27/h6-9,18H,4-5,10-17H2,1-3H3,(H2,23,24,25). The molecule has 1 aliphatic heterocycles. The van der Waals surface area contributed by atoms with E-state index in [2.05, 4.69) is 53.3 Å². The highest BCUT2D eigenvalue weighted by molar-refractivity contribution is 7.99. The third-order valence-electron chi connectivity index (χ3n) is 4.86. The molecule has 0 spiro atoms. The van der Waals surface area contributed by atoms with Crippen molar-refractivity contribution < 1.29 is 0 Å². The number of guanidine groups is 1. The van der Waals surface area contributed by atoms with Gasteiger partial charge in [-0.1, -0.05) is 25.4 Å². The minimum absolute atomic E-state index is 0.562. The zero-order chi connectivity index (χ0) is 20.2. The average Bonchev–Trinajstić information content (AvgIpc) is 2.71. The van der Waals surface area contributed by atoms with E-state index in [1.165, 1.54) is 37.6 Å². The summed E-state index contributed by atoms with van der Waals surface area (Å²) in [7, 11) is 0. The first-order valence-electron chi connectivity index (χ1n) is 10.5. The highest BCUT2D eigenvalue weighted by atomic mass is 35.5. The van der Waals surface area contributed by atoms with Crippen LogP contribution in [0.15, 0.2) is 34.2 Å². The first-order valence-corrected chi connectivity index (χ1v) is 11.8. The van der Waals surface area contributed by atoms with E-state index in [-0.39, 0.29) is 0 Å². The molecular formula is C21H36ClN5S. The van der Waals surface area contributed by atoms with Crippen LogP contribution in [0.2, 0.25) is 5.02 Å². The Morgan fingerprint density at radius 2 is 1.79 bits per heavy atom. The first-order chi connectivity index (χ1) is 13.6. The minimum atomic E-state index is 0.562. The lowest BCUT2D eigenvalue weighted by atomic mass is 10.1. The summed E-state index contributed by atoms with van der Waals surface area (Å²) in [4.78, 5) is 11.1. The maximum Gasteiger partial charge on any atom is 0.191 e. The second-order valence-electron chi connectivity index (χ2n) is 7.29. The lowest BCUT2D eigenvalue weighted by Crippen LogP contribution is -2.47.